The Bertz CT molecular complexity index is 1250. The van der Waals surface area contributed by atoms with Crippen LogP contribution >= 0.6 is 11.8 Å². The Kier molecular flexibility index (Phi) is 6.50. The van der Waals surface area contributed by atoms with Crippen molar-refractivity contribution in [2.45, 2.75) is 43.2 Å². The van der Waals surface area contributed by atoms with Crippen molar-refractivity contribution in [3.05, 3.63) is 100 Å². The molecule has 1 saturated carbocycles. The molecule has 1 aliphatic heterocycles. The number of carbonyl (C=O) groups is 2. The van der Waals surface area contributed by atoms with E-state index in [4.69, 9.17) is 0 Å². The first-order valence-electron chi connectivity index (χ1n) is 11.5. The molecule has 0 radical (unpaired) electrons. The van der Waals surface area contributed by atoms with E-state index in [-0.39, 0.29) is 30.2 Å². The average molecular weight is 473 g/mol. The number of nitrogens with one attached hydrogen (secondary N) is 1. The van der Waals surface area contributed by atoms with Crippen LogP contribution < -0.4 is 10.2 Å². The molecule has 5 rings (SSSR count). The van der Waals surface area contributed by atoms with Crippen molar-refractivity contribution in [2.24, 2.45) is 0 Å². The highest BCUT2D eigenvalue weighted by Gasteiger charge is 2.29. The third-order valence-electron chi connectivity index (χ3n) is 6.28. The summed E-state index contributed by atoms with van der Waals surface area (Å²) in [6.07, 6.45) is 6.25. The molecule has 2 amide bonds. The summed E-state index contributed by atoms with van der Waals surface area (Å²) in [4.78, 5) is 29.1. The van der Waals surface area contributed by atoms with E-state index >= 15 is 0 Å². The number of hydrogen-bond donors (Lipinski definition) is 1. The molecule has 172 valence electrons. The van der Waals surface area contributed by atoms with Gasteiger partial charge in [0.25, 0.3) is 11.8 Å². The van der Waals surface area contributed by atoms with Gasteiger partial charge in [-0.2, -0.15) is 0 Å². The molecule has 0 spiro atoms. The first-order valence-corrected chi connectivity index (χ1v) is 12.3. The van der Waals surface area contributed by atoms with Gasteiger partial charge in [-0.25, -0.2) is 4.39 Å². The van der Waals surface area contributed by atoms with Crippen LogP contribution in [0.2, 0.25) is 0 Å². The minimum atomic E-state index is -0.331. The van der Waals surface area contributed by atoms with Gasteiger partial charge in [0.2, 0.25) is 0 Å². The van der Waals surface area contributed by atoms with Gasteiger partial charge in [0.1, 0.15) is 5.82 Å². The highest BCUT2D eigenvalue weighted by atomic mass is 32.2. The number of anilines is 1. The van der Waals surface area contributed by atoms with Crippen molar-refractivity contribution in [2.75, 3.05) is 4.90 Å². The molecule has 0 unspecified atom stereocenters. The summed E-state index contributed by atoms with van der Waals surface area (Å²) >= 11 is 1.41. The van der Waals surface area contributed by atoms with Gasteiger partial charge in [0, 0.05) is 22.1 Å². The Labute approximate surface area is 202 Å². The Balaban J connectivity index is 1.39. The highest BCUT2D eigenvalue weighted by molar-refractivity contribution is 8.04. The number of halogens is 1. The van der Waals surface area contributed by atoms with E-state index in [9.17, 15) is 14.0 Å². The van der Waals surface area contributed by atoms with Crippen molar-refractivity contribution in [1.82, 2.24) is 5.32 Å². The van der Waals surface area contributed by atoms with Crippen LogP contribution in [0.3, 0.4) is 0 Å². The SMILES string of the molecule is O=C(NC1CCCC1)c1ccc(/C=C2\Sc3ccccc3N(Cc3ccccc3F)C2=O)cc1. The lowest BCUT2D eigenvalue weighted by atomic mass is 10.1. The largest absolute Gasteiger partial charge is 0.349 e. The second kappa shape index (κ2) is 9.85. The summed E-state index contributed by atoms with van der Waals surface area (Å²) in [5, 5.41) is 3.10. The van der Waals surface area contributed by atoms with Gasteiger partial charge < -0.3 is 10.2 Å². The summed E-state index contributed by atoms with van der Waals surface area (Å²) < 4.78 is 14.3. The normalized spacial score (nSPS) is 17.1. The fourth-order valence-corrected chi connectivity index (χ4v) is 5.50. The predicted octanol–water partition coefficient (Wildman–Crippen LogP) is 6.18. The highest BCUT2D eigenvalue weighted by Crippen LogP contribution is 2.42. The van der Waals surface area contributed by atoms with Crippen molar-refractivity contribution in [3.8, 4) is 0 Å². The van der Waals surface area contributed by atoms with E-state index in [1.165, 1.54) is 30.7 Å². The van der Waals surface area contributed by atoms with Crippen LogP contribution in [-0.2, 0) is 11.3 Å². The predicted molar refractivity (Wildman–Crippen MR) is 134 cm³/mol. The summed E-state index contributed by atoms with van der Waals surface area (Å²) in [6.45, 7) is 0.153. The first-order chi connectivity index (χ1) is 16.6. The second-order valence-corrected chi connectivity index (χ2v) is 9.72. The fourth-order valence-electron chi connectivity index (χ4n) is 4.44. The van der Waals surface area contributed by atoms with Gasteiger partial charge in [0.15, 0.2) is 0 Å². The van der Waals surface area contributed by atoms with Crippen LogP contribution in [0.15, 0.2) is 82.6 Å². The molecule has 1 aliphatic carbocycles. The number of carbonyl (C=O) groups excluding carboxylic acids is 2. The third-order valence-corrected chi connectivity index (χ3v) is 7.36. The number of fused-ring (bicyclic) bond motifs is 1. The number of hydrogen-bond acceptors (Lipinski definition) is 3. The number of nitrogens with zero attached hydrogens (tertiary/aromatic N) is 1. The minimum Gasteiger partial charge on any atom is -0.349 e. The lowest BCUT2D eigenvalue weighted by molar-refractivity contribution is -0.114. The summed E-state index contributed by atoms with van der Waals surface area (Å²) in [7, 11) is 0. The minimum absolute atomic E-state index is 0.0563. The summed E-state index contributed by atoms with van der Waals surface area (Å²) in [5.74, 6) is -0.558. The van der Waals surface area contributed by atoms with Crippen LogP contribution in [0.4, 0.5) is 10.1 Å². The van der Waals surface area contributed by atoms with E-state index in [1.807, 2.05) is 42.5 Å². The van der Waals surface area contributed by atoms with Gasteiger partial charge >= 0.3 is 0 Å². The smallest absolute Gasteiger partial charge is 0.265 e. The maximum absolute atomic E-state index is 14.3. The van der Waals surface area contributed by atoms with Crippen molar-refractivity contribution in [1.29, 1.82) is 0 Å². The van der Waals surface area contributed by atoms with E-state index < -0.39 is 0 Å². The Morgan fingerprint density at radius 2 is 1.71 bits per heavy atom. The van der Waals surface area contributed by atoms with Gasteiger partial charge in [-0.15, -0.1) is 0 Å². The molecule has 0 aromatic heterocycles. The van der Waals surface area contributed by atoms with Crippen molar-refractivity contribution in [3.63, 3.8) is 0 Å². The zero-order valence-electron chi connectivity index (χ0n) is 18.7. The van der Waals surface area contributed by atoms with E-state index in [0.717, 1.165) is 29.0 Å². The van der Waals surface area contributed by atoms with Crippen molar-refractivity contribution < 1.29 is 14.0 Å². The second-order valence-electron chi connectivity index (χ2n) is 8.64. The fraction of sp³-hybridized carbons (Fsp3) is 0.214. The molecule has 1 heterocycles. The topological polar surface area (TPSA) is 49.4 Å². The van der Waals surface area contributed by atoms with Gasteiger partial charge in [0.05, 0.1) is 17.1 Å². The number of rotatable bonds is 5. The lowest BCUT2D eigenvalue weighted by Gasteiger charge is -2.30. The quantitative estimate of drug-likeness (QED) is 0.451. The van der Waals surface area contributed by atoms with Crippen LogP contribution in [0, 0.1) is 5.82 Å². The van der Waals surface area contributed by atoms with Crippen molar-refractivity contribution >= 4 is 35.3 Å². The average Bonchev–Trinajstić information content (AvgIpc) is 3.36. The number of amides is 2. The molecule has 4 nitrogen and oxygen atoms in total. The monoisotopic (exact) mass is 472 g/mol. The molecule has 1 N–H and O–H groups in total. The molecular formula is C28H25FN2O2S. The zero-order valence-corrected chi connectivity index (χ0v) is 19.5. The van der Waals surface area contributed by atoms with Crippen LogP contribution in [0.5, 0.6) is 0 Å². The van der Waals surface area contributed by atoms with Gasteiger partial charge in [-0.1, -0.05) is 67.1 Å². The third kappa shape index (κ3) is 4.77. The van der Waals surface area contributed by atoms with Gasteiger partial charge in [-0.05, 0) is 54.8 Å². The van der Waals surface area contributed by atoms with E-state index in [1.54, 1.807) is 35.2 Å². The molecule has 2 aliphatic rings. The molecule has 3 aromatic rings. The van der Waals surface area contributed by atoms with Crippen LogP contribution in [-0.4, -0.2) is 17.9 Å². The maximum Gasteiger partial charge on any atom is 0.265 e. The Hall–Kier alpha value is -3.38. The first kappa shape index (κ1) is 22.4. The molecule has 6 heteroatoms. The lowest BCUT2D eigenvalue weighted by Crippen LogP contribution is -2.34. The Morgan fingerprint density at radius 3 is 2.47 bits per heavy atom. The maximum atomic E-state index is 14.3. The number of para-hydroxylation sites is 1. The number of benzene rings is 3. The van der Waals surface area contributed by atoms with Crippen LogP contribution in [0.1, 0.15) is 47.2 Å². The molecule has 34 heavy (non-hydrogen) atoms. The molecule has 3 aromatic carbocycles. The van der Waals surface area contributed by atoms with Crippen LogP contribution in [0.25, 0.3) is 6.08 Å². The van der Waals surface area contributed by atoms with Gasteiger partial charge in [-0.3, -0.25) is 9.59 Å². The Morgan fingerprint density at radius 1 is 1.00 bits per heavy atom. The molecule has 0 saturated heterocycles. The standard InChI is InChI=1S/C28H25FN2O2S/c29-23-10-4-1-7-21(23)18-31-24-11-5-6-12-25(24)34-26(28(31)33)17-19-13-15-20(16-14-19)27(32)30-22-8-2-3-9-22/h1,4-7,10-17,22H,2-3,8-9,18H2,(H,30,32)/b26-17-. The summed E-state index contributed by atoms with van der Waals surface area (Å²) in [6, 6.07) is 21.7. The molecule has 0 atom stereocenters. The molecular weight excluding hydrogens is 447 g/mol. The zero-order chi connectivity index (χ0) is 23.5. The molecule has 1 fully saturated rings. The van der Waals surface area contributed by atoms with E-state index in [2.05, 4.69) is 5.32 Å². The molecule has 0 bridgehead atoms. The number of thioether (sulfide) groups is 1. The van der Waals surface area contributed by atoms with E-state index in [0.29, 0.717) is 16.0 Å². The summed E-state index contributed by atoms with van der Waals surface area (Å²) in [5.41, 5.74) is 2.69.